The number of benzene rings is 3. The minimum absolute atomic E-state index is 0.0205. The van der Waals surface area contributed by atoms with Gasteiger partial charge in [-0.15, -0.1) is 0 Å². The summed E-state index contributed by atoms with van der Waals surface area (Å²) in [5, 5.41) is 28.5. The van der Waals surface area contributed by atoms with E-state index in [9.17, 15) is 39.0 Å². The fourth-order valence-electron chi connectivity index (χ4n) is 10.5. The Hall–Kier alpha value is -6.08. The Balaban J connectivity index is 1.44. The van der Waals surface area contributed by atoms with Crippen molar-refractivity contribution in [3.8, 4) is 0 Å². The number of ketones is 2. The van der Waals surface area contributed by atoms with Crippen LogP contribution in [-0.4, -0.2) is 112 Å². The van der Waals surface area contributed by atoms with Crippen molar-refractivity contribution in [3.05, 3.63) is 117 Å². The van der Waals surface area contributed by atoms with Crippen molar-refractivity contribution in [2.45, 2.75) is 115 Å². The van der Waals surface area contributed by atoms with Crippen LogP contribution in [0.15, 0.2) is 101 Å². The largest absolute Gasteiger partial charge is 0.455 e. The van der Waals surface area contributed by atoms with Crippen LogP contribution in [0.3, 0.4) is 0 Å². The van der Waals surface area contributed by atoms with Gasteiger partial charge in [-0.2, -0.15) is 0 Å². The molecule has 3 N–H and O–H groups in total. The van der Waals surface area contributed by atoms with Gasteiger partial charge < -0.3 is 44.0 Å². The van der Waals surface area contributed by atoms with Crippen molar-refractivity contribution in [1.29, 1.82) is 0 Å². The lowest BCUT2D eigenvalue weighted by Crippen LogP contribution is -2.82. The minimum Gasteiger partial charge on any atom is -0.455 e. The molecule has 0 aromatic heterocycles. The Morgan fingerprint density at radius 1 is 0.824 bits per heavy atom. The Morgan fingerprint density at radius 2 is 1.44 bits per heavy atom. The number of carbonyl (C=O) groups is 8. The number of aliphatic hydroxyl groups excluding tert-OH is 1. The quantitative estimate of drug-likeness (QED) is 0.0969. The molecule has 360 valence electrons. The Bertz CT molecular complexity index is 2580. The molecule has 1 saturated heterocycles. The van der Waals surface area contributed by atoms with E-state index in [1.807, 2.05) is 0 Å². The van der Waals surface area contributed by atoms with Crippen molar-refractivity contribution in [2.24, 2.45) is 16.7 Å². The number of fused-ring (bicyclic) bond motifs is 5. The molecule has 11 atom stereocenters. The van der Waals surface area contributed by atoms with Crippen LogP contribution >= 0.6 is 15.9 Å². The Kier molecular flexibility index (Phi) is 13.8. The summed E-state index contributed by atoms with van der Waals surface area (Å²) in [6.07, 6.45) is -11.1. The molecule has 3 aliphatic carbocycles. The molecule has 3 aromatic rings. The number of nitrogens with one attached hydrogen (secondary N) is 1. The predicted octanol–water partition coefficient (Wildman–Crippen LogP) is 4.64. The maximum absolute atomic E-state index is 15.7. The fourth-order valence-corrected chi connectivity index (χ4v) is 11.0. The molecule has 2 saturated carbocycles. The standard InChI is InChI=1S/C50H52BrNO16/c1-25-33(65-46(61)39(66-45(60)31-20-14-15-21-32(31)51)37(52-43(58)26(2)53)29-16-10-8-11-17-29)23-50(62)42(67-44(59)30-18-12-9-13-19-30)40-48(7,34(56)22-35-49(40,24-63-35)68-28(4)55)41(57)38(64-27(3)54)36(25)47(50,5)6/h8-21,33-35,37-40,42,56,62H,22-24H2,1-7H3,(H,52,58)/t33-,34-,35+,37-,38+,39+,40-,42-,48+,49-,50+/m0/s1. The third-order valence-electron chi connectivity index (χ3n) is 14.1. The molecule has 17 nitrogen and oxygen atoms in total. The summed E-state index contributed by atoms with van der Waals surface area (Å²) in [6.45, 7) is 8.73. The van der Waals surface area contributed by atoms with Crippen LogP contribution in [0.2, 0.25) is 0 Å². The summed E-state index contributed by atoms with van der Waals surface area (Å²) in [5.41, 5.74) is -7.95. The van der Waals surface area contributed by atoms with Crippen LogP contribution in [0, 0.1) is 16.7 Å². The van der Waals surface area contributed by atoms with E-state index in [4.69, 9.17) is 28.4 Å². The summed E-state index contributed by atoms with van der Waals surface area (Å²) < 4.78 is 36.8. The predicted molar refractivity (Wildman–Crippen MR) is 240 cm³/mol. The second-order valence-electron chi connectivity index (χ2n) is 18.4. The van der Waals surface area contributed by atoms with Crippen molar-refractivity contribution in [3.63, 3.8) is 0 Å². The van der Waals surface area contributed by atoms with E-state index >= 15 is 9.59 Å². The highest BCUT2D eigenvalue weighted by molar-refractivity contribution is 9.10. The number of hydrogen-bond acceptors (Lipinski definition) is 16. The average Bonchev–Trinajstić information content (AvgIpc) is 3.28. The zero-order chi connectivity index (χ0) is 49.7. The molecule has 1 aliphatic heterocycles. The monoisotopic (exact) mass is 1000 g/mol. The van der Waals surface area contributed by atoms with Crippen LogP contribution in [0.5, 0.6) is 0 Å². The summed E-state index contributed by atoms with van der Waals surface area (Å²) in [4.78, 5) is 111. The van der Waals surface area contributed by atoms with Gasteiger partial charge in [0.1, 0.15) is 30.0 Å². The highest BCUT2D eigenvalue weighted by Crippen LogP contribution is 2.64. The zero-order valence-electron chi connectivity index (χ0n) is 38.3. The number of hydrogen-bond donors (Lipinski definition) is 3. The number of ether oxygens (including phenoxy) is 6. The van der Waals surface area contributed by atoms with Crippen molar-refractivity contribution >= 4 is 63.3 Å². The van der Waals surface area contributed by atoms with E-state index in [2.05, 4.69) is 21.2 Å². The second-order valence-corrected chi connectivity index (χ2v) is 19.3. The smallest absolute Gasteiger partial charge is 0.350 e. The number of rotatable bonds is 12. The second kappa shape index (κ2) is 18.8. The number of Topliss-reactive ketones (excluding diaryl/α,β-unsaturated/α-hetero) is 2. The topological polar surface area (TPSA) is 244 Å². The number of esters is 5. The van der Waals surface area contributed by atoms with Crippen molar-refractivity contribution in [2.75, 3.05) is 6.61 Å². The van der Waals surface area contributed by atoms with E-state index in [0.717, 1.165) is 20.8 Å². The van der Waals surface area contributed by atoms with Gasteiger partial charge in [-0.1, -0.05) is 74.5 Å². The van der Waals surface area contributed by atoms with Gasteiger partial charge in [-0.25, -0.2) is 14.4 Å². The highest BCUT2D eigenvalue weighted by atomic mass is 79.9. The van der Waals surface area contributed by atoms with Gasteiger partial charge in [0.05, 0.1) is 35.2 Å². The lowest BCUT2D eigenvalue weighted by atomic mass is 9.44. The molecule has 3 aromatic carbocycles. The Labute approximate surface area is 399 Å². The SMILES string of the molecule is CC(=O)O[C@H]1C(=O)[C@@]2(C)[C@H]([C@H](OC(=O)c3ccccc3)[C@]3(O)C[C@H](OC(=O)[C@H](OC(=O)c4ccccc4Br)[C@@H](NC(=O)C(C)=O)c4ccccc4)C(C)=C1C3(C)C)[C@]1(OC(C)=O)CO[C@@H]1C[C@@H]2O. The van der Waals surface area contributed by atoms with Gasteiger partial charge >= 0.3 is 29.8 Å². The van der Waals surface area contributed by atoms with Gasteiger partial charge in [0.2, 0.25) is 11.9 Å². The van der Waals surface area contributed by atoms with Crippen LogP contribution in [0.1, 0.15) is 93.6 Å². The fraction of sp³-hybridized carbons (Fsp3) is 0.440. The maximum atomic E-state index is 15.7. The summed E-state index contributed by atoms with van der Waals surface area (Å²) in [7, 11) is 0. The van der Waals surface area contributed by atoms with Crippen molar-refractivity contribution < 1.29 is 77.0 Å². The lowest BCUT2D eigenvalue weighted by Gasteiger charge is -2.67. The molecule has 1 amide bonds. The first-order valence-corrected chi connectivity index (χ1v) is 22.7. The normalized spacial score (nSPS) is 29.9. The maximum Gasteiger partial charge on any atom is 0.350 e. The molecule has 1 heterocycles. The van der Waals surface area contributed by atoms with Crippen LogP contribution < -0.4 is 5.32 Å². The Morgan fingerprint density at radius 3 is 2.01 bits per heavy atom. The highest BCUT2D eigenvalue weighted by Gasteiger charge is 2.78. The first kappa shape index (κ1) is 49.8. The minimum atomic E-state index is -2.49. The van der Waals surface area contributed by atoms with Crippen molar-refractivity contribution in [1.82, 2.24) is 5.32 Å². The third-order valence-corrected chi connectivity index (χ3v) is 14.8. The molecule has 4 aliphatic rings. The van der Waals surface area contributed by atoms with Gasteiger partial charge in [0, 0.05) is 43.5 Å². The van der Waals surface area contributed by atoms with E-state index < -0.39 is 124 Å². The molecule has 0 radical (unpaired) electrons. The molecule has 68 heavy (non-hydrogen) atoms. The third kappa shape index (κ3) is 8.56. The molecule has 18 heteroatoms. The summed E-state index contributed by atoms with van der Waals surface area (Å²) >= 11 is 3.32. The molecule has 0 unspecified atom stereocenters. The number of amides is 1. The first-order chi connectivity index (χ1) is 32.0. The molecular weight excluding hydrogens is 950 g/mol. The molecule has 3 fully saturated rings. The van der Waals surface area contributed by atoms with Crippen LogP contribution in [-0.2, 0) is 57.2 Å². The summed E-state index contributed by atoms with van der Waals surface area (Å²) in [5.74, 6) is -9.68. The molecule has 7 rings (SSSR count). The lowest BCUT2D eigenvalue weighted by molar-refractivity contribution is -0.346. The zero-order valence-corrected chi connectivity index (χ0v) is 39.9. The van der Waals surface area contributed by atoms with Crippen LogP contribution in [0.25, 0.3) is 0 Å². The number of carbonyl (C=O) groups excluding carboxylic acids is 8. The number of halogens is 1. The summed E-state index contributed by atoms with van der Waals surface area (Å²) in [6, 6.07) is 20.2. The van der Waals surface area contributed by atoms with E-state index in [1.165, 1.54) is 58.0 Å². The van der Waals surface area contributed by atoms with Crippen LogP contribution in [0.4, 0.5) is 0 Å². The van der Waals surface area contributed by atoms with Gasteiger partial charge in [0.15, 0.2) is 17.5 Å². The van der Waals surface area contributed by atoms with Gasteiger partial charge in [0.25, 0.3) is 5.91 Å². The first-order valence-electron chi connectivity index (χ1n) is 21.9. The average molecular weight is 1000 g/mol. The van der Waals surface area contributed by atoms with E-state index in [-0.39, 0.29) is 40.9 Å². The van der Waals surface area contributed by atoms with Gasteiger partial charge in [-0.05, 0) is 70.8 Å². The molecular formula is C50H52BrNO16. The number of aliphatic hydroxyl groups is 2. The molecule has 2 bridgehead atoms. The molecule has 0 spiro atoms. The van der Waals surface area contributed by atoms with E-state index in [1.54, 1.807) is 54.6 Å². The van der Waals surface area contributed by atoms with Gasteiger partial charge in [-0.3, -0.25) is 24.0 Å². The van der Waals surface area contributed by atoms with E-state index in [0.29, 0.717) is 4.47 Å².